The summed E-state index contributed by atoms with van der Waals surface area (Å²) < 4.78 is 1.80. The van der Waals surface area contributed by atoms with E-state index in [1.54, 1.807) is 22.9 Å². The highest BCUT2D eigenvalue weighted by atomic mass is 16.4. The molecule has 0 spiro atoms. The standard InChI is InChI=1S/C17H12N2O3/c18-16(20)12-7-4-8-14-15(12)13(17(21)22)9-10-19(14)11-5-2-1-3-6-11/h1-10H,(H2-,18,20,21,22). The van der Waals surface area contributed by atoms with Crippen molar-refractivity contribution in [3.05, 3.63) is 71.9 Å². The van der Waals surface area contributed by atoms with Crippen LogP contribution in [0.3, 0.4) is 0 Å². The fourth-order valence-corrected chi connectivity index (χ4v) is 2.53. The average molecular weight is 292 g/mol. The van der Waals surface area contributed by atoms with Gasteiger partial charge < -0.3 is 15.6 Å². The molecule has 0 aliphatic rings. The first-order valence-electron chi connectivity index (χ1n) is 6.63. The lowest BCUT2D eigenvalue weighted by Gasteiger charge is -2.10. The highest BCUT2D eigenvalue weighted by molar-refractivity contribution is 6.11. The first-order chi connectivity index (χ1) is 10.6. The summed E-state index contributed by atoms with van der Waals surface area (Å²) in [7, 11) is 0. The van der Waals surface area contributed by atoms with Crippen LogP contribution in [0.4, 0.5) is 0 Å². The third-order valence-corrected chi connectivity index (χ3v) is 3.48. The molecule has 2 N–H and O–H groups in total. The molecular weight excluding hydrogens is 280 g/mol. The second kappa shape index (κ2) is 5.29. The Labute approximate surface area is 126 Å². The van der Waals surface area contributed by atoms with Gasteiger partial charge in [0.2, 0.25) is 17.1 Å². The maximum absolute atomic E-state index is 11.6. The molecule has 0 aliphatic carbocycles. The van der Waals surface area contributed by atoms with E-state index in [2.05, 4.69) is 0 Å². The lowest BCUT2D eigenvalue weighted by Crippen LogP contribution is -2.34. The fraction of sp³-hybridized carbons (Fsp3) is 0. The Morgan fingerprint density at radius 1 is 0.909 bits per heavy atom. The first-order valence-corrected chi connectivity index (χ1v) is 6.63. The minimum atomic E-state index is -1.35. The van der Waals surface area contributed by atoms with E-state index < -0.39 is 11.9 Å². The number of carboxylic acid groups (broad SMARTS) is 1. The summed E-state index contributed by atoms with van der Waals surface area (Å²) in [6.45, 7) is 0. The van der Waals surface area contributed by atoms with Crippen molar-refractivity contribution >= 4 is 22.8 Å². The first kappa shape index (κ1) is 13.8. The normalized spacial score (nSPS) is 10.5. The number of hydrogen-bond donors (Lipinski definition) is 1. The summed E-state index contributed by atoms with van der Waals surface area (Å²) in [5, 5.41) is 11.6. The minimum absolute atomic E-state index is 0.0587. The minimum Gasteiger partial charge on any atom is -0.545 e. The van der Waals surface area contributed by atoms with Crippen LogP contribution in [0, 0.1) is 0 Å². The van der Waals surface area contributed by atoms with Crippen LogP contribution in [0.2, 0.25) is 0 Å². The van der Waals surface area contributed by atoms with Crippen molar-refractivity contribution in [2.45, 2.75) is 0 Å². The van der Waals surface area contributed by atoms with Crippen LogP contribution < -0.4 is 15.4 Å². The zero-order valence-corrected chi connectivity index (χ0v) is 11.5. The van der Waals surface area contributed by atoms with Crippen LogP contribution in [-0.4, -0.2) is 11.9 Å². The van der Waals surface area contributed by atoms with E-state index in [4.69, 9.17) is 5.73 Å². The molecular formula is C17H12N2O3. The van der Waals surface area contributed by atoms with Crippen molar-refractivity contribution in [3.63, 3.8) is 0 Å². The Hall–Kier alpha value is -3.21. The number of fused-ring (bicyclic) bond motifs is 1. The van der Waals surface area contributed by atoms with Gasteiger partial charge >= 0.3 is 0 Å². The second-order valence-electron chi connectivity index (χ2n) is 4.79. The zero-order valence-electron chi connectivity index (χ0n) is 11.5. The number of amides is 1. The Morgan fingerprint density at radius 2 is 1.64 bits per heavy atom. The van der Waals surface area contributed by atoms with Gasteiger partial charge in [-0.2, -0.15) is 4.57 Å². The van der Waals surface area contributed by atoms with Gasteiger partial charge in [0, 0.05) is 29.8 Å². The molecule has 3 rings (SSSR count). The smallest absolute Gasteiger partial charge is 0.249 e. The number of hydrogen-bond acceptors (Lipinski definition) is 3. The van der Waals surface area contributed by atoms with Crippen molar-refractivity contribution in [1.82, 2.24) is 0 Å². The largest absolute Gasteiger partial charge is 0.545 e. The highest BCUT2D eigenvalue weighted by Gasteiger charge is 2.20. The molecule has 0 saturated carbocycles. The lowest BCUT2D eigenvalue weighted by molar-refractivity contribution is -0.567. The van der Waals surface area contributed by atoms with Gasteiger partial charge in [-0.05, 0) is 6.07 Å². The molecule has 1 aromatic heterocycles. The number of nitrogens with two attached hydrogens (primary N) is 1. The Balaban J connectivity index is 2.44. The van der Waals surface area contributed by atoms with E-state index in [0.29, 0.717) is 5.52 Å². The van der Waals surface area contributed by atoms with Crippen LogP contribution in [0.25, 0.3) is 16.6 Å². The number of carbonyl (C=O) groups is 2. The summed E-state index contributed by atoms with van der Waals surface area (Å²) in [5.41, 5.74) is 6.89. The molecule has 5 heteroatoms. The van der Waals surface area contributed by atoms with Crippen molar-refractivity contribution in [3.8, 4) is 5.69 Å². The number of para-hydroxylation sites is 1. The molecule has 108 valence electrons. The van der Waals surface area contributed by atoms with Crippen LogP contribution in [0.5, 0.6) is 0 Å². The monoisotopic (exact) mass is 292 g/mol. The summed E-state index contributed by atoms with van der Waals surface area (Å²) in [6, 6.07) is 15.7. The van der Waals surface area contributed by atoms with Gasteiger partial charge in [-0.1, -0.05) is 24.3 Å². The topological polar surface area (TPSA) is 87.1 Å². The van der Waals surface area contributed by atoms with Gasteiger partial charge in [-0.15, -0.1) is 0 Å². The Bertz CT molecular complexity index is 869. The summed E-state index contributed by atoms with van der Waals surface area (Å²) in [6.07, 6.45) is 1.63. The number of rotatable bonds is 3. The van der Waals surface area contributed by atoms with Crippen molar-refractivity contribution < 1.29 is 19.3 Å². The van der Waals surface area contributed by atoms with Crippen molar-refractivity contribution in [1.29, 1.82) is 0 Å². The van der Waals surface area contributed by atoms with E-state index in [1.807, 2.05) is 30.3 Å². The Morgan fingerprint density at radius 3 is 2.27 bits per heavy atom. The van der Waals surface area contributed by atoms with Crippen LogP contribution in [-0.2, 0) is 0 Å². The maximum Gasteiger partial charge on any atom is 0.249 e. The number of primary amides is 1. The molecule has 2 aromatic carbocycles. The number of carboxylic acids is 1. The van der Waals surface area contributed by atoms with Crippen LogP contribution in [0.1, 0.15) is 20.7 Å². The molecule has 22 heavy (non-hydrogen) atoms. The molecule has 3 aromatic rings. The van der Waals surface area contributed by atoms with E-state index in [9.17, 15) is 14.7 Å². The Kier molecular flexibility index (Phi) is 3.31. The molecule has 1 amide bonds. The average Bonchev–Trinajstić information content (AvgIpc) is 2.53. The number of pyridine rings is 1. The number of aromatic nitrogens is 1. The molecule has 0 fully saturated rings. The predicted octanol–water partition coefficient (Wildman–Crippen LogP) is 0.579. The fourth-order valence-electron chi connectivity index (χ4n) is 2.53. The third-order valence-electron chi connectivity index (χ3n) is 3.48. The molecule has 0 radical (unpaired) electrons. The summed E-state index contributed by atoms with van der Waals surface area (Å²) in [4.78, 5) is 23.0. The SMILES string of the molecule is NC(=O)c1cccc2c1c(C(=O)[O-])cc[n+]2-c1ccccc1. The molecule has 1 heterocycles. The van der Waals surface area contributed by atoms with Gasteiger partial charge in [-0.3, -0.25) is 4.79 Å². The number of benzene rings is 2. The van der Waals surface area contributed by atoms with E-state index >= 15 is 0 Å². The quantitative estimate of drug-likeness (QED) is 0.716. The number of carbonyl (C=O) groups excluding carboxylic acids is 2. The summed E-state index contributed by atoms with van der Waals surface area (Å²) in [5.74, 6) is -2.03. The lowest BCUT2D eigenvalue weighted by atomic mass is 10.0. The van der Waals surface area contributed by atoms with Gasteiger partial charge in [0.05, 0.1) is 16.9 Å². The van der Waals surface area contributed by atoms with Gasteiger partial charge in [-0.25, -0.2) is 0 Å². The van der Waals surface area contributed by atoms with Gasteiger partial charge in [0.15, 0.2) is 6.20 Å². The molecule has 0 atom stereocenters. The second-order valence-corrected chi connectivity index (χ2v) is 4.79. The van der Waals surface area contributed by atoms with Crippen molar-refractivity contribution in [2.75, 3.05) is 0 Å². The summed E-state index contributed by atoms with van der Waals surface area (Å²) >= 11 is 0. The third kappa shape index (κ3) is 2.18. The molecule has 0 unspecified atom stereocenters. The maximum atomic E-state index is 11.6. The molecule has 0 bridgehead atoms. The van der Waals surface area contributed by atoms with Crippen LogP contribution in [0.15, 0.2) is 60.8 Å². The van der Waals surface area contributed by atoms with Gasteiger partial charge in [0.25, 0.3) is 0 Å². The van der Waals surface area contributed by atoms with Crippen molar-refractivity contribution in [2.24, 2.45) is 5.73 Å². The van der Waals surface area contributed by atoms with Gasteiger partial charge in [0.1, 0.15) is 0 Å². The van der Waals surface area contributed by atoms with Crippen LogP contribution >= 0.6 is 0 Å². The number of aromatic carboxylic acids is 1. The number of nitrogens with zero attached hydrogens (tertiary/aromatic N) is 1. The van der Waals surface area contributed by atoms with E-state index in [-0.39, 0.29) is 16.5 Å². The van der Waals surface area contributed by atoms with E-state index in [0.717, 1.165) is 5.69 Å². The molecule has 0 aliphatic heterocycles. The molecule has 0 saturated heterocycles. The highest BCUT2D eigenvalue weighted by Crippen LogP contribution is 2.21. The zero-order chi connectivity index (χ0) is 15.7. The van der Waals surface area contributed by atoms with E-state index in [1.165, 1.54) is 12.1 Å². The predicted molar refractivity (Wildman–Crippen MR) is 78.3 cm³/mol. The molecule has 5 nitrogen and oxygen atoms in total.